The SMILES string of the molecule is Cc1cc(N)nc(C)c1CNC(=O)c1nccc(Cc2ccc3ncc(Cl)cc3c2)n1. The van der Waals surface area contributed by atoms with Crippen LogP contribution in [-0.2, 0) is 13.0 Å². The smallest absolute Gasteiger partial charge is 0.289 e. The Morgan fingerprint density at radius 2 is 1.94 bits per heavy atom. The number of rotatable bonds is 5. The van der Waals surface area contributed by atoms with E-state index in [0.717, 1.165) is 39.0 Å². The molecule has 1 aromatic carbocycles. The number of anilines is 1. The second-order valence-corrected chi connectivity index (χ2v) is 7.78. The molecule has 0 saturated carbocycles. The van der Waals surface area contributed by atoms with Crippen molar-refractivity contribution < 1.29 is 4.79 Å². The highest BCUT2D eigenvalue weighted by Gasteiger charge is 2.13. The normalized spacial score (nSPS) is 10.9. The van der Waals surface area contributed by atoms with Crippen molar-refractivity contribution in [2.45, 2.75) is 26.8 Å². The zero-order chi connectivity index (χ0) is 22.0. The van der Waals surface area contributed by atoms with E-state index in [-0.39, 0.29) is 11.7 Å². The lowest BCUT2D eigenvalue weighted by molar-refractivity contribution is 0.0940. The molecule has 4 aromatic rings. The number of amides is 1. The molecular formula is C23H21ClN6O. The number of benzene rings is 1. The molecule has 0 spiro atoms. The first-order valence-corrected chi connectivity index (χ1v) is 10.1. The van der Waals surface area contributed by atoms with Crippen LogP contribution in [0.5, 0.6) is 0 Å². The van der Waals surface area contributed by atoms with Gasteiger partial charge in [-0.15, -0.1) is 0 Å². The fourth-order valence-corrected chi connectivity index (χ4v) is 3.65. The number of carbonyl (C=O) groups is 1. The van der Waals surface area contributed by atoms with E-state index < -0.39 is 0 Å². The van der Waals surface area contributed by atoms with Gasteiger partial charge in [0.25, 0.3) is 5.91 Å². The number of hydrogen-bond donors (Lipinski definition) is 2. The quantitative estimate of drug-likeness (QED) is 0.496. The highest BCUT2D eigenvalue weighted by Crippen LogP contribution is 2.20. The molecule has 0 unspecified atom stereocenters. The molecular weight excluding hydrogens is 412 g/mol. The average molecular weight is 433 g/mol. The summed E-state index contributed by atoms with van der Waals surface area (Å²) in [5, 5.41) is 4.42. The number of carbonyl (C=O) groups excluding carboxylic acids is 1. The Morgan fingerprint density at radius 3 is 2.74 bits per heavy atom. The molecule has 0 radical (unpaired) electrons. The fraction of sp³-hybridized carbons (Fsp3) is 0.174. The first kappa shape index (κ1) is 20.7. The molecule has 0 aliphatic carbocycles. The molecule has 4 rings (SSSR count). The minimum Gasteiger partial charge on any atom is -0.384 e. The lowest BCUT2D eigenvalue weighted by Gasteiger charge is -2.11. The van der Waals surface area contributed by atoms with Crippen molar-refractivity contribution in [1.29, 1.82) is 0 Å². The number of nitrogen functional groups attached to an aromatic ring is 1. The largest absolute Gasteiger partial charge is 0.384 e. The van der Waals surface area contributed by atoms with Gasteiger partial charge in [0.15, 0.2) is 0 Å². The maximum Gasteiger partial charge on any atom is 0.289 e. The van der Waals surface area contributed by atoms with Gasteiger partial charge in [-0.05, 0) is 60.9 Å². The van der Waals surface area contributed by atoms with Crippen LogP contribution in [0, 0.1) is 13.8 Å². The molecule has 31 heavy (non-hydrogen) atoms. The summed E-state index contributed by atoms with van der Waals surface area (Å²) in [7, 11) is 0. The van der Waals surface area contributed by atoms with Crippen LogP contribution in [0.15, 0.2) is 48.8 Å². The van der Waals surface area contributed by atoms with Crippen LogP contribution in [-0.4, -0.2) is 25.8 Å². The second kappa shape index (κ2) is 8.65. The Kier molecular flexibility index (Phi) is 5.77. The Bertz CT molecular complexity index is 1270. The predicted molar refractivity (Wildman–Crippen MR) is 121 cm³/mol. The van der Waals surface area contributed by atoms with Gasteiger partial charge >= 0.3 is 0 Å². The number of pyridine rings is 2. The summed E-state index contributed by atoms with van der Waals surface area (Å²) in [5.41, 5.74) is 11.1. The third kappa shape index (κ3) is 4.78. The summed E-state index contributed by atoms with van der Waals surface area (Å²) in [6.45, 7) is 4.14. The predicted octanol–water partition coefficient (Wildman–Crippen LogP) is 3.79. The summed E-state index contributed by atoms with van der Waals surface area (Å²) >= 11 is 6.05. The third-order valence-electron chi connectivity index (χ3n) is 5.01. The van der Waals surface area contributed by atoms with E-state index in [1.54, 1.807) is 24.5 Å². The maximum absolute atomic E-state index is 12.6. The first-order valence-electron chi connectivity index (χ1n) is 9.76. The highest BCUT2D eigenvalue weighted by molar-refractivity contribution is 6.31. The zero-order valence-electron chi connectivity index (χ0n) is 17.2. The summed E-state index contributed by atoms with van der Waals surface area (Å²) < 4.78 is 0. The molecule has 0 bridgehead atoms. The van der Waals surface area contributed by atoms with Crippen molar-refractivity contribution in [1.82, 2.24) is 25.3 Å². The Labute approximate surface area is 184 Å². The summed E-state index contributed by atoms with van der Waals surface area (Å²) in [4.78, 5) is 29.7. The molecule has 8 heteroatoms. The van der Waals surface area contributed by atoms with Crippen molar-refractivity contribution in [2.75, 3.05) is 5.73 Å². The van der Waals surface area contributed by atoms with E-state index in [1.165, 1.54) is 0 Å². The molecule has 0 atom stereocenters. The summed E-state index contributed by atoms with van der Waals surface area (Å²) in [5.74, 6) is 0.251. The molecule has 3 N–H and O–H groups in total. The summed E-state index contributed by atoms with van der Waals surface area (Å²) in [6.07, 6.45) is 3.78. The minimum atomic E-state index is -0.341. The monoisotopic (exact) mass is 432 g/mol. The number of nitrogens with zero attached hydrogens (tertiary/aromatic N) is 4. The zero-order valence-corrected chi connectivity index (χ0v) is 17.9. The molecule has 0 aliphatic heterocycles. The Balaban J connectivity index is 1.48. The number of nitrogens with one attached hydrogen (secondary N) is 1. The standard InChI is InChI=1S/C23H21ClN6O/c1-13-7-21(25)29-14(2)19(13)12-28-23(31)22-26-6-5-18(30-22)9-15-3-4-20-16(8-15)10-17(24)11-27-20/h3-8,10-11H,9,12H2,1-2H3,(H2,25,29)(H,28,31). The van der Waals surface area contributed by atoms with E-state index >= 15 is 0 Å². The topological polar surface area (TPSA) is 107 Å². The molecule has 1 amide bonds. The molecule has 0 saturated heterocycles. The number of fused-ring (bicyclic) bond motifs is 1. The average Bonchev–Trinajstić information content (AvgIpc) is 2.72. The molecule has 156 valence electrons. The number of halogens is 1. The highest BCUT2D eigenvalue weighted by atomic mass is 35.5. The van der Waals surface area contributed by atoms with Gasteiger partial charge < -0.3 is 11.1 Å². The lowest BCUT2D eigenvalue weighted by Crippen LogP contribution is -2.26. The van der Waals surface area contributed by atoms with Gasteiger partial charge in [0.1, 0.15) is 5.82 Å². The molecule has 0 aliphatic rings. The van der Waals surface area contributed by atoms with Crippen molar-refractivity contribution in [3.05, 3.63) is 87.7 Å². The minimum absolute atomic E-state index is 0.127. The fourth-order valence-electron chi connectivity index (χ4n) is 3.48. The second-order valence-electron chi connectivity index (χ2n) is 7.34. The molecule has 0 fully saturated rings. The van der Waals surface area contributed by atoms with Crippen LogP contribution in [0.4, 0.5) is 5.82 Å². The number of nitrogens with two attached hydrogens (primary N) is 1. The third-order valence-corrected chi connectivity index (χ3v) is 5.22. The van der Waals surface area contributed by atoms with Crippen molar-refractivity contribution in [3.8, 4) is 0 Å². The number of aromatic nitrogens is 4. The van der Waals surface area contributed by atoms with E-state index in [1.807, 2.05) is 38.1 Å². The van der Waals surface area contributed by atoms with Gasteiger partial charge in [0, 0.05) is 42.1 Å². The van der Waals surface area contributed by atoms with Gasteiger partial charge in [-0.1, -0.05) is 17.7 Å². The van der Waals surface area contributed by atoms with Gasteiger partial charge in [0.05, 0.1) is 10.5 Å². The van der Waals surface area contributed by atoms with Crippen molar-refractivity contribution in [3.63, 3.8) is 0 Å². The van der Waals surface area contributed by atoms with Crippen molar-refractivity contribution >= 4 is 34.2 Å². The van der Waals surface area contributed by atoms with Crippen LogP contribution in [0.3, 0.4) is 0 Å². The van der Waals surface area contributed by atoms with Gasteiger partial charge in [-0.2, -0.15) is 0 Å². The maximum atomic E-state index is 12.6. The van der Waals surface area contributed by atoms with E-state index in [2.05, 4.69) is 25.3 Å². The number of aryl methyl sites for hydroxylation is 2. The summed E-state index contributed by atoms with van der Waals surface area (Å²) in [6, 6.07) is 11.4. The number of hydrogen-bond acceptors (Lipinski definition) is 6. The molecule has 3 aromatic heterocycles. The first-order chi connectivity index (χ1) is 14.9. The Morgan fingerprint density at radius 1 is 1.10 bits per heavy atom. The van der Waals surface area contributed by atoms with Crippen LogP contribution in [0.25, 0.3) is 10.9 Å². The van der Waals surface area contributed by atoms with Gasteiger partial charge in [-0.3, -0.25) is 9.78 Å². The van der Waals surface area contributed by atoms with Crippen LogP contribution in [0.2, 0.25) is 5.02 Å². The van der Waals surface area contributed by atoms with E-state index in [4.69, 9.17) is 17.3 Å². The van der Waals surface area contributed by atoms with E-state index in [9.17, 15) is 4.79 Å². The lowest BCUT2D eigenvalue weighted by atomic mass is 10.1. The van der Waals surface area contributed by atoms with Gasteiger partial charge in [0.2, 0.25) is 5.82 Å². The van der Waals surface area contributed by atoms with Gasteiger partial charge in [-0.25, -0.2) is 15.0 Å². The van der Waals surface area contributed by atoms with Crippen LogP contribution < -0.4 is 11.1 Å². The van der Waals surface area contributed by atoms with Crippen LogP contribution >= 0.6 is 11.6 Å². The molecule has 7 nitrogen and oxygen atoms in total. The van der Waals surface area contributed by atoms with Crippen LogP contribution in [0.1, 0.15) is 38.7 Å². The van der Waals surface area contributed by atoms with E-state index in [0.29, 0.717) is 23.8 Å². The van der Waals surface area contributed by atoms with Crippen molar-refractivity contribution in [2.24, 2.45) is 0 Å². The molecule has 3 heterocycles. The Hall–Kier alpha value is -3.58.